The van der Waals surface area contributed by atoms with Crippen LogP contribution in [0.2, 0.25) is 0 Å². The molecule has 0 spiro atoms. The first kappa shape index (κ1) is 20.1. The fourth-order valence-corrected chi connectivity index (χ4v) is 3.60. The van der Waals surface area contributed by atoms with E-state index in [0.717, 1.165) is 25.6 Å². The van der Waals surface area contributed by atoms with Gasteiger partial charge in [-0.1, -0.05) is 12.1 Å². The second kappa shape index (κ2) is 11.4. The molecule has 0 radical (unpaired) electrons. The van der Waals surface area contributed by atoms with E-state index in [1.807, 2.05) is 0 Å². The van der Waals surface area contributed by atoms with Crippen LogP contribution < -0.4 is 5.32 Å². The van der Waals surface area contributed by atoms with Crippen LogP contribution in [-0.4, -0.2) is 61.8 Å². The SMILES string of the molecule is CCNC(=NCCCCN1CCCC1)N(C)Cc1ccc(SC)cc1. The van der Waals surface area contributed by atoms with Crippen LogP contribution in [0.15, 0.2) is 34.2 Å². The molecule has 0 saturated carbocycles. The minimum atomic E-state index is 0.883. The van der Waals surface area contributed by atoms with Crippen molar-refractivity contribution >= 4 is 17.7 Å². The first-order chi connectivity index (χ1) is 12.2. The lowest BCUT2D eigenvalue weighted by molar-refractivity contribution is 0.331. The summed E-state index contributed by atoms with van der Waals surface area (Å²) >= 11 is 1.78. The zero-order valence-corrected chi connectivity index (χ0v) is 16.9. The Balaban J connectivity index is 1.77. The smallest absolute Gasteiger partial charge is 0.193 e. The quantitative estimate of drug-likeness (QED) is 0.314. The minimum Gasteiger partial charge on any atom is -0.357 e. The Morgan fingerprint density at radius 3 is 2.56 bits per heavy atom. The lowest BCUT2D eigenvalue weighted by atomic mass is 10.2. The van der Waals surface area contributed by atoms with Crippen molar-refractivity contribution < 1.29 is 0 Å². The molecule has 1 aliphatic rings. The average molecular weight is 363 g/mol. The lowest BCUT2D eigenvalue weighted by Gasteiger charge is -2.22. The Morgan fingerprint density at radius 1 is 1.20 bits per heavy atom. The Labute approximate surface area is 158 Å². The van der Waals surface area contributed by atoms with Crippen LogP contribution in [0, 0.1) is 0 Å². The van der Waals surface area contributed by atoms with Gasteiger partial charge in [0.15, 0.2) is 5.96 Å². The van der Waals surface area contributed by atoms with E-state index in [-0.39, 0.29) is 0 Å². The van der Waals surface area contributed by atoms with Gasteiger partial charge in [0.1, 0.15) is 0 Å². The molecule has 1 heterocycles. The molecule has 2 rings (SSSR count). The van der Waals surface area contributed by atoms with Crippen molar-refractivity contribution in [3.63, 3.8) is 0 Å². The highest BCUT2D eigenvalue weighted by Crippen LogP contribution is 2.15. The highest BCUT2D eigenvalue weighted by Gasteiger charge is 2.10. The highest BCUT2D eigenvalue weighted by molar-refractivity contribution is 7.98. The van der Waals surface area contributed by atoms with Gasteiger partial charge in [0.2, 0.25) is 0 Å². The number of thioether (sulfide) groups is 1. The molecule has 0 bridgehead atoms. The van der Waals surface area contributed by atoms with Gasteiger partial charge in [0, 0.05) is 31.6 Å². The third-order valence-electron chi connectivity index (χ3n) is 4.62. The maximum Gasteiger partial charge on any atom is 0.193 e. The molecule has 0 aromatic heterocycles. The van der Waals surface area contributed by atoms with E-state index < -0.39 is 0 Å². The van der Waals surface area contributed by atoms with Crippen LogP contribution in [-0.2, 0) is 6.54 Å². The van der Waals surface area contributed by atoms with Gasteiger partial charge < -0.3 is 15.1 Å². The van der Waals surface area contributed by atoms with E-state index in [1.165, 1.54) is 55.8 Å². The van der Waals surface area contributed by atoms with Gasteiger partial charge in [-0.05, 0) is 76.2 Å². The molecule has 0 atom stereocenters. The highest BCUT2D eigenvalue weighted by atomic mass is 32.2. The number of nitrogens with one attached hydrogen (secondary N) is 1. The molecule has 25 heavy (non-hydrogen) atoms. The van der Waals surface area contributed by atoms with E-state index >= 15 is 0 Å². The van der Waals surface area contributed by atoms with Crippen molar-refractivity contribution in [1.29, 1.82) is 0 Å². The van der Waals surface area contributed by atoms with Crippen LogP contribution in [0.1, 0.15) is 38.2 Å². The summed E-state index contributed by atoms with van der Waals surface area (Å²) in [7, 11) is 2.12. The molecular formula is C20H34N4S. The Hall–Kier alpha value is -1.20. The second-order valence-electron chi connectivity index (χ2n) is 6.70. The molecule has 5 heteroatoms. The third kappa shape index (κ3) is 7.28. The van der Waals surface area contributed by atoms with Gasteiger partial charge in [0.25, 0.3) is 0 Å². The van der Waals surface area contributed by atoms with Crippen LogP contribution in [0.4, 0.5) is 0 Å². The lowest BCUT2D eigenvalue weighted by Crippen LogP contribution is -2.38. The predicted molar refractivity (Wildman–Crippen MR) is 111 cm³/mol. The van der Waals surface area contributed by atoms with E-state index in [4.69, 9.17) is 4.99 Å². The minimum absolute atomic E-state index is 0.883. The molecule has 140 valence electrons. The van der Waals surface area contributed by atoms with Crippen LogP contribution in [0.5, 0.6) is 0 Å². The van der Waals surface area contributed by atoms with Gasteiger partial charge in [0.05, 0.1) is 0 Å². The summed E-state index contributed by atoms with van der Waals surface area (Å²) in [6, 6.07) is 8.80. The number of likely N-dealkylation sites (tertiary alicyclic amines) is 1. The topological polar surface area (TPSA) is 30.9 Å². The standard InChI is InChI=1S/C20H34N4S/c1-4-21-20(22-13-5-6-14-24-15-7-8-16-24)23(2)17-18-9-11-19(25-3)12-10-18/h9-12H,4-8,13-17H2,1-3H3,(H,21,22). The molecule has 4 nitrogen and oxygen atoms in total. The van der Waals surface area contributed by atoms with Crippen molar-refractivity contribution in [1.82, 2.24) is 15.1 Å². The summed E-state index contributed by atoms with van der Waals surface area (Å²) in [5.41, 5.74) is 1.32. The molecule has 1 N–H and O–H groups in total. The number of nitrogens with zero attached hydrogens (tertiary/aromatic N) is 3. The number of aliphatic imine (C=N–C) groups is 1. The number of hydrogen-bond donors (Lipinski definition) is 1. The van der Waals surface area contributed by atoms with Crippen LogP contribution in [0.3, 0.4) is 0 Å². The summed E-state index contributed by atoms with van der Waals surface area (Å²) in [5.74, 6) is 1.01. The molecule has 1 aromatic rings. The maximum atomic E-state index is 4.82. The van der Waals surface area contributed by atoms with Gasteiger partial charge in [-0.2, -0.15) is 0 Å². The Morgan fingerprint density at radius 2 is 1.92 bits per heavy atom. The molecule has 0 amide bonds. The molecule has 0 unspecified atom stereocenters. The maximum absolute atomic E-state index is 4.82. The van der Waals surface area contributed by atoms with Gasteiger partial charge >= 0.3 is 0 Å². The number of unbranched alkanes of at least 4 members (excludes halogenated alkanes) is 1. The summed E-state index contributed by atoms with van der Waals surface area (Å²) < 4.78 is 0. The fraction of sp³-hybridized carbons (Fsp3) is 0.650. The van der Waals surface area contributed by atoms with Crippen molar-refractivity contribution in [3.8, 4) is 0 Å². The zero-order valence-electron chi connectivity index (χ0n) is 16.1. The normalized spacial score (nSPS) is 15.6. The second-order valence-corrected chi connectivity index (χ2v) is 7.58. The van der Waals surface area contributed by atoms with Crippen molar-refractivity contribution in [2.75, 3.05) is 46.0 Å². The number of guanidine groups is 1. The predicted octanol–water partition coefficient (Wildman–Crippen LogP) is 3.68. The van der Waals surface area contributed by atoms with Crippen molar-refractivity contribution in [2.24, 2.45) is 4.99 Å². The largest absolute Gasteiger partial charge is 0.357 e. The summed E-state index contributed by atoms with van der Waals surface area (Å²) in [6.07, 6.45) is 7.29. The number of benzene rings is 1. The molecule has 1 saturated heterocycles. The molecule has 1 fully saturated rings. The summed E-state index contributed by atoms with van der Waals surface area (Å²) in [5, 5.41) is 3.42. The fourth-order valence-electron chi connectivity index (χ4n) is 3.19. The van der Waals surface area contributed by atoms with Gasteiger partial charge in [-0.25, -0.2) is 0 Å². The summed E-state index contributed by atoms with van der Waals surface area (Å²) in [4.78, 5) is 10.9. The van der Waals surface area contributed by atoms with E-state index in [2.05, 4.69) is 59.6 Å². The summed E-state index contributed by atoms with van der Waals surface area (Å²) in [6.45, 7) is 8.66. The third-order valence-corrected chi connectivity index (χ3v) is 5.36. The van der Waals surface area contributed by atoms with Crippen molar-refractivity contribution in [3.05, 3.63) is 29.8 Å². The Kier molecular flexibility index (Phi) is 9.19. The Bertz CT molecular complexity index is 509. The first-order valence-corrected chi connectivity index (χ1v) is 10.8. The molecule has 1 aliphatic heterocycles. The van der Waals surface area contributed by atoms with Gasteiger partial charge in [-0.15, -0.1) is 11.8 Å². The number of rotatable bonds is 9. The van der Waals surface area contributed by atoms with Gasteiger partial charge in [-0.3, -0.25) is 4.99 Å². The monoisotopic (exact) mass is 362 g/mol. The van der Waals surface area contributed by atoms with Crippen LogP contribution >= 0.6 is 11.8 Å². The molecule has 0 aliphatic carbocycles. The number of hydrogen-bond acceptors (Lipinski definition) is 3. The molecular weight excluding hydrogens is 328 g/mol. The van der Waals surface area contributed by atoms with E-state index in [1.54, 1.807) is 11.8 Å². The first-order valence-electron chi connectivity index (χ1n) is 9.57. The van der Waals surface area contributed by atoms with E-state index in [0.29, 0.717) is 0 Å². The molecule has 1 aromatic carbocycles. The average Bonchev–Trinajstić information content (AvgIpc) is 3.14. The van der Waals surface area contributed by atoms with Crippen molar-refractivity contribution in [2.45, 2.75) is 44.0 Å². The van der Waals surface area contributed by atoms with Crippen LogP contribution in [0.25, 0.3) is 0 Å². The zero-order chi connectivity index (χ0) is 17.9. The van der Waals surface area contributed by atoms with E-state index in [9.17, 15) is 0 Å².